The molecule has 0 N–H and O–H groups in total. The first kappa shape index (κ1) is 6.83. The van der Waals surface area contributed by atoms with E-state index < -0.39 is 0 Å². The normalized spacial score (nSPS) is 10.3. The van der Waals surface area contributed by atoms with Crippen molar-refractivity contribution in [2.45, 2.75) is 13.3 Å². The van der Waals surface area contributed by atoms with Gasteiger partial charge >= 0.3 is 0 Å². The highest BCUT2D eigenvalue weighted by Gasteiger charge is 1.88. The molecule has 0 rings (SSSR count). The maximum absolute atomic E-state index is 10.2. The van der Waals surface area contributed by atoms with E-state index in [4.69, 9.17) is 0 Å². The van der Waals surface area contributed by atoms with Crippen molar-refractivity contribution >= 4 is 33.8 Å². The van der Waals surface area contributed by atoms with Crippen molar-refractivity contribution in [3.8, 4) is 0 Å². The standard InChI is InChI=1S/C3H6IOP/c1-2-3(5)6-4/h6H,2H2,1H3. The molecular formula is C3H6IOP. The Morgan fingerprint density at radius 1 is 2.00 bits per heavy atom. The van der Waals surface area contributed by atoms with E-state index in [9.17, 15) is 4.79 Å². The minimum absolute atomic E-state index is 0.357. The number of rotatable bonds is 2. The summed E-state index contributed by atoms with van der Waals surface area (Å²) in [7, 11) is 0. The molecule has 0 amide bonds. The molecule has 0 saturated heterocycles. The van der Waals surface area contributed by atoms with Gasteiger partial charge in [0.15, 0.2) is 5.52 Å². The molecule has 1 atom stereocenters. The Hall–Kier alpha value is 0.830. The summed E-state index contributed by atoms with van der Waals surface area (Å²) < 4.78 is 0. The Labute approximate surface area is 52.2 Å². The number of hydrogen-bond donors (Lipinski definition) is 0. The fraction of sp³-hybridized carbons (Fsp3) is 0.667. The van der Waals surface area contributed by atoms with Gasteiger partial charge in [0.1, 0.15) is 0 Å². The van der Waals surface area contributed by atoms with Crippen molar-refractivity contribution in [3.05, 3.63) is 0 Å². The molecule has 1 nitrogen and oxygen atoms in total. The zero-order chi connectivity index (χ0) is 4.99. The molecule has 0 saturated carbocycles. The van der Waals surface area contributed by atoms with Crippen LogP contribution < -0.4 is 0 Å². The highest BCUT2D eigenvalue weighted by atomic mass is 127. The summed E-state index contributed by atoms with van der Waals surface area (Å²) in [6.45, 7) is 1.88. The monoisotopic (exact) mass is 216 g/mol. The largest absolute Gasteiger partial charge is 0.294 e. The van der Waals surface area contributed by atoms with Crippen molar-refractivity contribution in [1.82, 2.24) is 0 Å². The van der Waals surface area contributed by atoms with Gasteiger partial charge in [0.05, 0.1) is 0 Å². The molecule has 0 bridgehead atoms. The van der Waals surface area contributed by atoms with E-state index >= 15 is 0 Å². The van der Waals surface area contributed by atoms with Crippen LogP contribution in [0.15, 0.2) is 0 Å². The zero-order valence-corrected chi connectivity index (χ0v) is 6.65. The van der Waals surface area contributed by atoms with Gasteiger partial charge in [-0.25, -0.2) is 0 Å². The number of carbonyl (C=O) groups is 1. The zero-order valence-electron chi connectivity index (χ0n) is 3.49. The highest BCUT2D eigenvalue weighted by Crippen LogP contribution is 2.22. The van der Waals surface area contributed by atoms with Crippen molar-refractivity contribution in [2.75, 3.05) is 0 Å². The second kappa shape index (κ2) is 4.00. The average molecular weight is 216 g/mol. The summed E-state index contributed by atoms with van der Waals surface area (Å²) in [6, 6.07) is 0. The van der Waals surface area contributed by atoms with Crippen molar-refractivity contribution in [1.29, 1.82) is 0 Å². The molecule has 0 aliphatic heterocycles. The first-order chi connectivity index (χ1) is 2.81. The van der Waals surface area contributed by atoms with E-state index in [1.807, 2.05) is 6.92 Å². The van der Waals surface area contributed by atoms with Crippen LogP contribution in [0.25, 0.3) is 0 Å². The second-order valence-electron chi connectivity index (χ2n) is 0.871. The molecule has 0 aliphatic carbocycles. The van der Waals surface area contributed by atoms with Gasteiger partial charge in [-0.2, -0.15) is 0 Å². The number of hydrogen-bond acceptors (Lipinski definition) is 1. The van der Waals surface area contributed by atoms with Crippen LogP contribution >= 0.6 is 28.3 Å². The van der Waals surface area contributed by atoms with Gasteiger partial charge in [0, 0.05) is 12.6 Å². The predicted octanol–water partition coefficient (Wildman–Crippen LogP) is 1.95. The summed E-state index contributed by atoms with van der Waals surface area (Å²) in [5, 5.41) is 0. The molecule has 36 valence electrons. The molecule has 6 heavy (non-hydrogen) atoms. The highest BCUT2D eigenvalue weighted by molar-refractivity contribution is 14.2. The average Bonchev–Trinajstić information content (AvgIpc) is 1.65. The van der Waals surface area contributed by atoms with Crippen molar-refractivity contribution in [2.24, 2.45) is 0 Å². The van der Waals surface area contributed by atoms with E-state index in [2.05, 4.69) is 22.0 Å². The van der Waals surface area contributed by atoms with E-state index in [0.29, 0.717) is 18.2 Å². The van der Waals surface area contributed by atoms with E-state index in [1.54, 1.807) is 0 Å². The maximum atomic E-state index is 10.2. The molecule has 1 unspecified atom stereocenters. The van der Waals surface area contributed by atoms with Gasteiger partial charge in [0.2, 0.25) is 0 Å². The third-order valence-corrected chi connectivity index (χ3v) is 2.80. The lowest BCUT2D eigenvalue weighted by Gasteiger charge is -1.79. The molecule has 0 spiro atoms. The molecule has 0 heterocycles. The summed E-state index contributed by atoms with van der Waals surface area (Å²) in [4.78, 5) is 10.2. The predicted molar refractivity (Wildman–Crippen MR) is 37.6 cm³/mol. The minimum atomic E-state index is 0.357. The van der Waals surface area contributed by atoms with E-state index in [1.165, 1.54) is 0 Å². The topological polar surface area (TPSA) is 17.1 Å². The van der Waals surface area contributed by atoms with Crippen LogP contribution in [0.2, 0.25) is 0 Å². The Balaban J connectivity index is 2.99. The lowest BCUT2D eigenvalue weighted by atomic mass is 10.6. The molecule has 0 aromatic heterocycles. The van der Waals surface area contributed by atoms with Crippen LogP contribution in [0.4, 0.5) is 0 Å². The summed E-state index contributed by atoms with van der Waals surface area (Å²) in [5.74, 6) is 0. The third kappa shape index (κ3) is 3.04. The lowest BCUT2D eigenvalue weighted by Crippen LogP contribution is -1.76. The third-order valence-electron chi connectivity index (χ3n) is 0.427. The van der Waals surface area contributed by atoms with Crippen molar-refractivity contribution in [3.63, 3.8) is 0 Å². The van der Waals surface area contributed by atoms with Crippen LogP contribution in [-0.4, -0.2) is 5.52 Å². The molecule has 0 fully saturated rings. The van der Waals surface area contributed by atoms with E-state index in [0.717, 1.165) is 0 Å². The van der Waals surface area contributed by atoms with Crippen LogP contribution in [0.1, 0.15) is 13.3 Å². The van der Waals surface area contributed by atoms with Gasteiger partial charge in [-0.1, -0.05) is 6.92 Å². The summed E-state index contributed by atoms with van der Waals surface area (Å²) >= 11 is 2.09. The SMILES string of the molecule is CCC(=O)PI. The van der Waals surface area contributed by atoms with Gasteiger partial charge in [-0.05, 0) is 22.0 Å². The quantitative estimate of drug-likeness (QED) is 0.509. The maximum Gasteiger partial charge on any atom is 0.161 e. The number of halogens is 1. The fourth-order valence-electron chi connectivity index (χ4n) is 0.0668. The molecule has 3 heteroatoms. The Bertz CT molecular complexity index is 48.8. The van der Waals surface area contributed by atoms with Gasteiger partial charge in [-0.3, -0.25) is 4.79 Å². The molecule has 0 aromatic carbocycles. The molecule has 0 radical (unpaired) electrons. The summed E-state index contributed by atoms with van der Waals surface area (Å²) in [6.07, 6.45) is 1.16. The second-order valence-corrected chi connectivity index (χ2v) is 3.24. The van der Waals surface area contributed by atoms with Crippen LogP contribution in [0, 0.1) is 0 Å². The molecular weight excluding hydrogens is 210 g/mol. The Kier molecular flexibility index (Phi) is 4.56. The summed E-state index contributed by atoms with van der Waals surface area (Å²) in [5.41, 5.74) is 0.357. The van der Waals surface area contributed by atoms with Crippen LogP contribution in [-0.2, 0) is 4.79 Å². The van der Waals surface area contributed by atoms with Gasteiger partial charge in [-0.15, -0.1) is 0 Å². The first-order valence-electron chi connectivity index (χ1n) is 1.70. The smallest absolute Gasteiger partial charge is 0.161 e. The fourth-order valence-corrected chi connectivity index (χ4v) is 1.34. The van der Waals surface area contributed by atoms with Gasteiger partial charge < -0.3 is 0 Å². The molecule has 0 aliphatic rings. The van der Waals surface area contributed by atoms with E-state index in [-0.39, 0.29) is 0 Å². The Morgan fingerprint density at radius 3 is 2.50 bits per heavy atom. The molecule has 0 aromatic rings. The number of carbonyl (C=O) groups excluding carboxylic acids is 1. The first-order valence-corrected chi connectivity index (χ1v) is 5.82. The van der Waals surface area contributed by atoms with Crippen LogP contribution in [0.5, 0.6) is 0 Å². The van der Waals surface area contributed by atoms with Gasteiger partial charge in [0.25, 0.3) is 0 Å². The van der Waals surface area contributed by atoms with Crippen LogP contribution in [0.3, 0.4) is 0 Å². The lowest BCUT2D eigenvalue weighted by molar-refractivity contribution is -0.110. The minimum Gasteiger partial charge on any atom is -0.294 e. The Morgan fingerprint density at radius 2 is 2.50 bits per heavy atom. The van der Waals surface area contributed by atoms with Crippen molar-refractivity contribution < 1.29 is 4.79 Å².